The van der Waals surface area contributed by atoms with Crippen molar-refractivity contribution in [2.75, 3.05) is 7.11 Å². The molecule has 0 bridgehead atoms. The van der Waals surface area contributed by atoms with Gasteiger partial charge in [-0.25, -0.2) is 4.68 Å². The van der Waals surface area contributed by atoms with Crippen molar-refractivity contribution in [3.63, 3.8) is 0 Å². The third kappa shape index (κ3) is 3.85. The fourth-order valence-electron chi connectivity index (χ4n) is 3.23. The second-order valence-electron chi connectivity index (χ2n) is 6.52. The molecular formula is C20H22ClN5O2. The smallest absolute Gasteiger partial charge is 0.274 e. The average molecular weight is 400 g/mol. The maximum atomic E-state index is 12.6. The molecule has 0 unspecified atom stereocenters. The van der Waals surface area contributed by atoms with E-state index in [1.165, 1.54) is 11.1 Å². The Bertz CT molecular complexity index is 985. The molecule has 0 saturated heterocycles. The van der Waals surface area contributed by atoms with Crippen molar-refractivity contribution in [1.82, 2.24) is 25.6 Å². The highest BCUT2D eigenvalue weighted by molar-refractivity contribution is 5.93. The zero-order valence-electron chi connectivity index (χ0n) is 15.7. The van der Waals surface area contributed by atoms with E-state index in [2.05, 4.69) is 33.1 Å². The summed E-state index contributed by atoms with van der Waals surface area (Å²) in [6.07, 6.45) is 0. The van der Waals surface area contributed by atoms with E-state index in [4.69, 9.17) is 4.74 Å². The van der Waals surface area contributed by atoms with Crippen LogP contribution in [-0.4, -0.2) is 28.0 Å². The lowest BCUT2D eigenvalue weighted by Gasteiger charge is -2.07. The van der Waals surface area contributed by atoms with Crippen molar-refractivity contribution in [3.8, 4) is 11.4 Å². The van der Waals surface area contributed by atoms with Gasteiger partial charge in [0, 0.05) is 19.6 Å². The van der Waals surface area contributed by atoms with Crippen LogP contribution >= 0.6 is 12.4 Å². The zero-order valence-corrected chi connectivity index (χ0v) is 16.5. The van der Waals surface area contributed by atoms with Crippen LogP contribution in [0.15, 0.2) is 42.5 Å². The van der Waals surface area contributed by atoms with Gasteiger partial charge in [-0.2, -0.15) is 0 Å². The number of hydrogen-bond donors (Lipinski definition) is 2. The summed E-state index contributed by atoms with van der Waals surface area (Å²) in [6.45, 7) is 4.09. The van der Waals surface area contributed by atoms with Crippen molar-refractivity contribution < 1.29 is 9.53 Å². The number of nitrogens with one attached hydrogen (secondary N) is 2. The monoisotopic (exact) mass is 399 g/mol. The summed E-state index contributed by atoms with van der Waals surface area (Å²) in [5.41, 5.74) is 5.54. The number of methoxy groups -OCH3 is 1. The number of fused-ring (bicyclic) bond motifs is 1. The van der Waals surface area contributed by atoms with E-state index >= 15 is 0 Å². The van der Waals surface area contributed by atoms with E-state index in [9.17, 15) is 4.79 Å². The van der Waals surface area contributed by atoms with Crippen molar-refractivity contribution >= 4 is 18.3 Å². The third-order valence-electron chi connectivity index (χ3n) is 4.78. The molecule has 2 aromatic carbocycles. The fraction of sp³-hybridized carbons (Fsp3) is 0.250. The normalized spacial score (nSPS) is 12.2. The predicted octanol–water partition coefficient (Wildman–Crippen LogP) is 2.54. The minimum absolute atomic E-state index is 0. The summed E-state index contributed by atoms with van der Waals surface area (Å²) in [4.78, 5) is 12.6. The number of ether oxygens (including phenoxy) is 1. The van der Waals surface area contributed by atoms with Crippen LogP contribution in [-0.2, 0) is 19.6 Å². The molecule has 0 fully saturated rings. The number of carbonyl (C=O) groups excluding carboxylic acids is 1. The SMILES string of the molecule is COc1ccc(-n2nnc(C(=O)NCc3ccc4c(c3)CNC4)c2C)cc1.Cl. The highest BCUT2D eigenvalue weighted by atomic mass is 35.5. The molecule has 2 heterocycles. The van der Waals surface area contributed by atoms with Gasteiger partial charge in [0.1, 0.15) is 5.75 Å². The highest BCUT2D eigenvalue weighted by Crippen LogP contribution is 2.18. The van der Waals surface area contributed by atoms with Crippen LogP contribution in [0, 0.1) is 6.92 Å². The fourth-order valence-corrected chi connectivity index (χ4v) is 3.23. The Morgan fingerprint density at radius 2 is 1.93 bits per heavy atom. The molecule has 0 atom stereocenters. The van der Waals surface area contributed by atoms with Gasteiger partial charge < -0.3 is 15.4 Å². The second kappa shape index (κ2) is 8.41. The standard InChI is InChI=1S/C20H21N5O2.ClH/c1-13-19(23-24-25(13)17-5-7-18(27-2)8-6-17)20(26)22-10-14-3-4-15-11-21-12-16(15)9-14;/h3-9,21H,10-12H2,1-2H3,(H,22,26);1H. The van der Waals surface area contributed by atoms with Gasteiger partial charge in [-0.3, -0.25) is 4.79 Å². The molecule has 1 aromatic heterocycles. The summed E-state index contributed by atoms with van der Waals surface area (Å²) in [7, 11) is 1.62. The number of aromatic nitrogens is 3. The molecule has 0 radical (unpaired) electrons. The molecule has 0 spiro atoms. The Hall–Kier alpha value is -2.90. The maximum absolute atomic E-state index is 12.6. The van der Waals surface area contributed by atoms with E-state index < -0.39 is 0 Å². The topological polar surface area (TPSA) is 81.1 Å². The first kappa shape index (κ1) is 19.9. The van der Waals surface area contributed by atoms with E-state index in [0.717, 1.165) is 30.1 Å². The Labute approximate surface area is 169 Å². The quantitative estimate of drug-likeness (QED) is 0.689. The van der Waals surface area contributed by atoms with Crippen LogP contribution < -0.4 is 15.4 Å². The zero-order chi connectivity index (χ0) is 18.8. The predicted molar refractivity (Wildman–Crippen MR) is 108 cm³/mol. The number of halogens is 1. The maximum Gasteiger partial charge on any atom is 0.274 e. The lowest BCUT2D eigenvalue weighted by atomic mass is 10.1. The molecule has 1 amide bonds. The van der Waals surface area contributed by atoms with Crippen LogP contribution in [0.25, 0.3) is 5.69 Å². The Kier molecular flexibility index (Phi) is 5.96. The molecule has 7 nitrogen and oxygen atoms in total. The molecule has 8 heteroatoms. The van der Waals surface area contributed by atoms with Crippen LogP contribution in [0.4, 0.5) is 0 Å². The van der Waals surface area contributed by atoms with E-state index in [-0.39, 0.29) is 18.3 Å². The van der Waals surface area contributed by atoms with Gasteiger partial charge in [0.05, 0.1) is 18.5 Å². The molecule has 146 valence electrons. The summed E-state index contributed by atoms with van der Waals surface area (Å²) in [6, 6.07) is 13.7. The van der Waals surface area contributed by atoms with Crippen molar-refractivity contribution in [3.05, 3.63) is 70.5 Å². The van der Waals surface area contributed by atoms with Crippen LogP contribution in [0.2, 0.25) is 0 Å². The number of rotatable bonds is 5. The van der Waals surface area contributed by atoms with Crippen LogP contribution in [0.5, 0.6) is 5.75 Å². The minimum Gasteiger partial charge on any atom is -0.497 e. The average Bonchev–Trinajstić information content (AvgIpc) is 3.32. The van der Waals surface area contributed by atoms with Gasteiger partial charge in [-0.05, 0) is 47.9 Å². The number of benzene rings is 2. The van der Waals surface area contributed by atoms with Gasteiger partial charge in [-0.15, -0.1) is 17.5 Å². The molecule has 3 aromatic rings. The summed E-state index contributed by atoms with van der Waals surface area (Å²) in [5.74, 6) is 0.532. The summed E-state index contributed by atoms with van der Waals surface area (Å²) < 4.78 is 6.82. The minimum atomic E-state index is -0.231. The Balaban J connectivity index is 0.00000225. The number of nitrogens with zero attached hydrogens (tertiary/aromatic N) is 3. The molecule has 0 aliphatic carbocycles. The lowest BCUT2D eigenvalue weighted by Crippen LogP contribution is -2.24. The molecule has 28 heavy (non-hydrogen) atoms. The summed E-state index contributed by atoms with van der Waals surface area (Å²) >= 11 is 0. The highest BCUT2D eigenvalue weighted by Gasteiger charge is 2.17. The Morgan fingerprint density at radius 1 is 1.18 bits per heavy atom. The number of carbonyl (C=O) groups is 1. The number of amides is 1. The molecule has 1 aliphatic rings. The van der Waals surface area contributed by atoms with Gasteiger partial charge >= 0.3 is 0 Å². The molecular weight excluding hydrogens is 378 g/mol. The van der Waals surface area contributed by atoms with E-state index in [1.807, 2.05) is 37.3 Å². The Morgan fingerprint density at radius 3 is 2.68 bits per heavy atom. The van der Waals surface area contributed by atoms with Gasteiger partial charge in [0.2, 0.25) is 0 Å². The first-order valence-electron chi connectivity index (χ1n) is 8.82. The van der Waals surface area contributed by atoms with Crippen LogP contribution in [0.1, 0.15) is 32.9 Å². The molecule has 2 N–H and O–H groups in total. The van der Waals surface area contributed by atoms with E-state index in [0.29, 0.717) is 17.9 Å². The van der Waals surface area contributed by atoms with E-state index in [1.54, 1.807) is 11.8 Å². The van der Waals surface area contributed by atoms with Crippen molar-refractivity contribution in [2.45, 2.75) is 26.6 Å². The molecule has 1 aliphatic heterocycles. The lowest BCUT2D eigenvalue weighted by molar-refractivity contribution is 0.0945. The van der Waals surface area contributed by atoms with Crippen molar-refractivity contribution in [2.24, 2.45) is 0 Å². The first-order chi connectivity index (χ1) is 13.2. The second-order valence-corrected chi connectivity index (χ2v) is 6.52. The van der Waals surface area contributed by atoms with Gasteiger partial charge in [0.25, 0.3) is 5.91 Å². The molecule has 0 saturated carbocycles. The molecule has 4 rings (SSSR count). The van der Waals surface area contributed by atoms with Gasteiger partial charge in [-0.1, -0.05) is 23.4 Å². The number of hydrogen-bond acceptors (Lipinski definition) is 5. The summed E-state index contributed by atoms with van der Waals surface area (Å²) in [5, 5.41) is 14.4. The van der Waals surface area contributed by atoms with Crippen molar-refractivity contribution in [1.29, 1.82) is 0 Å². The third-order valence-corrected chi connectivity index (χ3v) is 4.78. The largest absolute Gasteiger partial charge is 0.497 e. The first-order valence-corrected chi connectivity index (χ1v) is 8.82. The van der Waals surface area contributed by atoms with Gasteiger partial charge in [0.15, 0.2) is 5.69 Å². The van der Waals surface area contributed by atoms with Crippen LogP contribution in [0.3, 0.4) is 0 Å².